The number of aryl methyl sites for hydroxylation is 1. The van der Waals surface area contributed by atoms with Crippen molar-refractivity contribution in [1.82, 2.24) is 0 Å². The van der Waals surface area contributed by atoms with Crippen molar-refractivity contribution in [1.29, 1.82) is 0 Å². The second kappa shape index (κ2) is 5.39. The van der Waals surface area contributed by atoms with Gasteiger partial charge in [-0.15, -0.1) is 0 Å². The average Bonchev–Trinajstić information content (AvgIpc) is 2.60. The third-order valence-electron chi connectivity index (χ3n) is 4.24. The lowest BCUT2D eigenvalue weighted by atomic mass is 9.94. The summed E-state index contributed by atoms with van der Waals surface area (Å²) in [4.78, 5) is 24.9. The first-order chi connectivity index (χ1) is 11.2. The molecule has 1 atom stereocenters. The molecule has 1 unspecified atom stereocenters. The molecule has 1 N–H and O–H groups in total. The molecule has 0 saturated heterocycles. The van der Waals surface area contributed by atoms with Crippen LogP contribution in [0.25, 0.3) is 11.0 Å². The Morgan fingerprint density at radius 1 is 1.09 bits per heavy atom. The van der Waals surface area contributed by atoms with Gasteiger partial charge in [0.2, 0.25) is 5.78 Å². The molecule has 0 saturated carbocycles. The van der Waals surface area contributed by atoms with Gasteiger partial charge in [0.25, 0.3) is 0 Å². The molecule has 114 valence electrons. The van der Waals surface area contributed by atoms with Crippen LogP contribution in [0.5, 0.6) is 0 Å². The molecular weight excluding hydrogens is 290 g/mol. The molecule has 0 bridgehead atoms. The van der Waals surface area contributed by atoms with E-state index in [0.29, 0.717) is 17.4 Å². The van der Waals surface area contributed by atoms with E-state index in [1.54, 1.807) is 24.3 Å². The highest BCUT2D eigenvalue weighted by Crippen LogP contribution is 2.26. The van der Waals surface area contributed by atoms with Crippen LogP contribution < -0.4 is 10.7 Å². The summed E-state index contributed by atoms with van der Waals surface area (Å²) in [6.07, 6.45) is 1.52. The van der Waals surface area contributed by atoms with E-state index in [2.05, 4.69) is 11.4 Å². The zero-order chi connectivity index (χ0) is 15.8. The normalized spacial score (nSPS) is 16.6. The van der Waals surface area contributed by atoms with Gasteiger partial charge in [0, 0.05) is 11.8 Å². The Labute approximate surface area is 132 Å². The lowest BCUT2D eigenvalue weighted by molar-refractivity contribution is 0.0938. The SMILES string of the molecule is O=C(c1cc(=O)c2ccccc2o1)C1CCc2ccccc2N1. The summed E-state index contributed by atoms with van der Waals surface area (Å²) in [6, 6.07) is 15.8. The summed E-state index contributed by atoms with van der Waals surface area (Å²) in [5, 5.41) is 3.74. The monoisotopic (exact) mass is 305 g/mol. The zero-order valence-electron chi connectivity index (χ0n) is 12.4. The van der Waals surface area contributed by atoms with E-state index in [4.69, 9.17) is 4.42 Å². The van der Waals surface area contributed by atoms with Gasteiger partial charge in [0.1, 0.15) is 5.58 Å². The fourth-order valence-corrected chi connectivity index (χ4v) is 3.03. The number of carbonyl (C=O) groups excluding carboxylic acids is 1. The second-order valence-corrected chi connectivity index (χ2v) is 5.73. The van der Waals surface area contributed by atoms with Gasteiger partial charge in [0.05, 0.1) is 11.4 Å². The van der Waals surface area contributed by atoms with Crippen LogP contribution in [0.15, 0.2) is 63.8 Å². The number of anilines is 1. The van der Waals surface area contributed by atoms with E-state index >= 15 is 0 Å². The van der Waals surface area contributed by atoms with Crippen LogP contribution in [0.3, 0.4) is 0 Å². The third-order valence-corrected chi connectivity index (χ3v) is 4.24. The van der Waals surface area contributed by atoms with Gasteiger partial charge in [-0.1, -0.05) is 30.3 Å². The number of hydrogen-bond donors (Lipinski definition) is 1. The summed E-state index contributed by atoms with van der Waals surface area (Å²) in [5.74, 6) is -0.0621. The Bertz CT molecular complexity index is 958. The maximum absolute atomic E-state index is 12.7. The molecule has 2 heterocycles. The molecule has 0 spiro atoms. The predicted molar refractivity (Wildman–Crippen MR) is 89.0 cm³/mol. The highest BCUT2D eigenvalue weighted by molar-refractivity contribution is 6.00. The van der Waals surface area contributed by atoms with Crippen molar-refractivity contribution >= 4 is 22.4 Å². The van der Waals surface area contributed by atoms with Crippen LogP contribution in [-0.4, -0.2) is 11.8 Å². The van der Waals surface area contributed by atoms with Crippen molar-refractivity contribution < 1.29 is 9.21 Å². The van der Waals surface area contributed by atoms with Crippen molar-refractivity contribution in [2.24, 2.45) is 0 Å². The van der Waals surface area contributed by atoms with Crippen molar-refractivity contribution in [2.75, 3.05) is 5.32 Å². The fourth-order valence-electron chi connectivity index (χ4n) is 3.03. The Morgan fingerprint density at radius 3 is 2.78 bits per heavy atom. The Kier molecular flexibility index (Phi) is 3.23. The molecule has 0 amide bonds. The van der Waals surface area contributed by atoms with Crippen LogP contribution in [0.1, 0.15) is 22.5 Å². The van der Waals surface area contributed by atoms with Gasteiger partial charge in [-0.3, -0.25) is 9.59 Å². The lowest BCUT2D eigenvalue weighted by Crippen LogP contribution is -2.33. The van der Waals surface area contributed by atoms with E-state index in [1.807, 2.05) is 18.2 Å². The maximum atomic E-state index is 12.7. The number of benzene rings is 2. The number of carbonyl (C=O) groups is 1. The lowest BCUT2D eigenvalue weighted by Gasteiger charge is -2.25. The summed E-state index contributed by atoms with van der Waals surface area (Å²) >= 11 is 0. The van der Waals surface area contributed by atoms with Crippen LogP contribution in [-0.2, 0) is 6.42 Å². The van der Waals surface area contributed by atoms with E-state index < -0.39 is 0 Å². The van der Waals surface area contributed by atoms with Crippen LogP contribution in [0.2, 0.25) is 0 Å². The minimum atomic E-state index is -0.366. The topological polar surface area (TPSA) is 59.3 Å². The first kappa shape index (κ1) is 13.8. The first-order valence-corrected chi connectivity index (χ1v) is 7.64. The van der Waals surface area contributed by atoms with E-state index in [-0.39, 0.29) is 23.0 Å². The molecule has 4 heteroatoms. The molecule has 23 heavy (non-hydrogen) atoms. The van der Waals surface area contributed by atoms with E-state index in [1.165, 1.54) is 11.6 Å². The molecule has 0 radical (unpaired) electrons. The number of ketones is 1. The number of fused-ring (bicyclic) bond motifs is 2. The number of rotatable bonds is 2. The van der Waals surface area contributed by atoms with Gasteiger partial charge in [0.15, 0.2) is 11.2 Å². The van der Waals surface area contributed by atoms with Crippen molar-refractivity contribution in [2.45, 2.75) is 18.9 Å². The van der Waals surface area contributed by atoms with Gasteiger partial charge in [-0.25, -0.2) is 0 Å². The number of nitrogens with one attached hydrogen (secondary N) is 1. The van der Waals surface area contributed by atoms with Gasteiger partial charge in [-0.2, -0.15) is 0 Å². The first-order valence-electron chi connectivity index (χ1n) is 7.64. The summed E-state index contributed by atoms with van der Waals surface area (Å²) in [7, 11) is 0. The largest absolute Gasteiger partial charge is 0.453 e. The second-order valence-electron chi connectivity index (χ2n) is 5.73. The smallest absolute Gasteiger partial charge is 0.220 e. The van der Waals surface area contributed by atoms with Gasteiger partial charge in [-0.05, 0) is 36.6 Å². The van der Waals surface area contributed by atoms with Crippen LogP contribution in [0.4, 0.5) is 5.69 Å². The molecule has 0 fully saturated rings. The Morgan fingerprint density at radius 2 is 1.87 bits per heavy atom. The Hall–Kier alpha value is -2.88. The number of para-hydroxylation sites is 2. The Balaban J connectivity index is 1.69. The molecule has 1 aliphatic rings. The summed E-state index contributed by atoms with van der Waals surface area (Å²) < 4.78 is 5.66. The van der Waals surface area contributed by atoms with Gasteiger partial charge < -0.3 is 9.73 Å². The van der Waals surface area contributed by atoms with E-state index in [0.717, 1.165) is 12.1 Å². The zero-order valence-corrected chi connectivity index (χ0v) is 12.4. The maximum Gasteiger partial charge on any atom is 0.220 e. The highest BCUT2D eigenvalue weighted by atomic mass is 16.3. The van der Waals surface area contributed by atoms with Gasteiger partial charge >= 0.3 is 0 Å². The molecule has 1 aliphatic heterocycles. The molecule has 0 aliphatic carbocycles. The molecule has 1 aromatic heterocycles. The van der Waals surface area contributed by atoms with Crippen molar-refractivity contribution in [3.63, 3.8) is 0 Å². The average molecular weight is 305 g/mol. The number of hydrogen-bond acceptors (Lipinski definition) is 4. The minimum Gasteiger partial charge on any atom is -0.453 e. The van der Waals surface area contributed by atoms with E-state index in [9.17, 15) is 9.59 Å². The molecule has 4 nitrogen and oxygen atoms in total. The summed E-state index contributed by atoms with van der Waals surface area (Å²) in [5.41, 5.74) is 2.43. The summed E-state index contributed by atoms with van der Waals surface area (Å²) in [6.45, 7) is 0. The third kappa shape index (κ3) is 2.42. The molecule has 2 aromatic carbocycles. The standard InChI is InChI=1S/C19H15NO3/c21-16-11-18(23-17-8-4-2-6-13(16)17)19(22)15-10-9-12-5-1-3-7-14(12)20-15/h1-8,11,15,20H,9-10H2. The van der Waals surface area contributed by atoms with Crippen LogP contribution in [0, 0.1) is 0 Å². The molecular formula is C19H15NO3. The quantitative estimate of drug-likeness (QED) is 0.737. The minimum absolute atomic E-state index is 0.116. The molecule has 3 aromatic rings. The van der Waals surface area contributed by atoms with Crippen LogP contribution >= 0.6 is 0 Å². The molecule has 4 rings (SSSR count). The van der Waals surface area contributed by atoms with Crippen molar-refractivity contribution in [3.05, 3.63) is 76.1 Å². The van der Waals surface area contributed by atoms with Crippen molar-refractivity contribution in [3.8, 4) is 0 Å². The number of Topliss-reactive ketones (excluding diaryl/α,β-unsaturated/α-hetero) is 1. The predicted octanol–water partition coefficient (Wildman–Crippen LogP) is 3.40. The highest BCUT2D eigenvalue weighted by Gasteiger charge is 2.26. The fraction of sp³-hybridized carbons (Fsp3) is 0.158.